The van der Waals surface area contributed by atoms with E-state index in [-0.39, 0.29) is 36.3 Å². The Bertz CT molecular complexity index is 1630. The molecule has 2 aliphatic rings. The standard InChI is InChI=1S/C36H45N7O4/c1-8-31-39-40-35(47-31)36(19-22(2)38-21-32(44)43(23(3)20-37)28-13-14-28)29-15-11-26(33(45)41(4)5)17-24(29)9-10-25-18-27(12-16-30(25)36)34(46)42(6)7/h11-12,15-18,22-23,28,38H,8-10,13-14,19,21H2,1-7H3/t22-,23?/m0/s1. The Morgan fingerprint density at radius 2 is 1.51 bits per heavy atom. The normalized spacial score (nSPS) is 16.1. The summed E-state index contributed by atoms with van der Waals surface area (Å²) in [4.78, 5) is 44.3. The van der Waals surface area contributed by atoms with Gasteiger partial charge in [-0.15, -0.1) is 10.2 Å². The largest absolute Gasteiger partial charge is 0.424 e. The second kappa shape index (κ2) is 13.7. The number of aryl methyl sites for hydroxylation is 3. The highest BCUT2D eigenvalue weighted by atomic mass is 16.4. The summed E-state index contributed by atoms with van der Waals surface area (Å²) < 4.78 is 6.42. The number of nitriles is 1. The second-order valence-corrected chi connectivity index (χ2v) is 13.2. The Kier molecular flexibility index (Phi) is 9.82. The minimum Gasteiger partial charge on any atom is -0.424 e. The van der Waals surface area contributed by atoms with Gasteiger partial charge in [0.05, 0.1) is 12.6 Å². The first-order valence-corrected chi connectivity index (χ1v) is 16.4. The quantitative estimate of drug-likeness (QED) is 0.335. The average molecular weight is 640 g/mol. The maximum absolute atomic E-state index is 13.4. The van der Waals surface area contributed by atoms with Crippen LogP contribution < -0.4 is 5.32 Å². The molecule has 11 nitrogen and oxygen atoms in total. The van der Waals surface area contributed by atoms with Crippen LogP contribution in [-0.2, 0) is 29.5 Å². The first-order valence-electron chi connectivity index (χ1n) is 16.4. The van der Waals surface area contributed by atoms with Gasteiger partial charge in [-0.2, -0.15) is 5.26 Å². The number of nitrogens with zero attached hydrogens (tertiary/aromatic N) is 6. The Balaban J connectivity index is 1.64. The van der Waals surface area contributed by atoms with Gasteiger partial charge >= 0.3 is 0 Å². The fourth-order valence-corrected chi connectivity index (χ4v) is 6.77. The zero-order valence-electron chi connectivity index (χ0n) is 28.5. The monoisotopic (exact) mass is 639 g/mol. The molecule has 3 amide bonds. The van der Waals surface area contributed by atoms with Crippen LogP contribution in [0.25, 0.3) is 0 Å². The summed E-state index contributed by atoms with van der Waals surface area (Å²) in [6.45, 7) is 5.83. The lowest BCUT2D eigenvalue weighted by atomic mass is 9.68. The molecule has 0 bridgehead atoms. The molecule has 0 spiro atoms. The maximum Gasteiger partial charge on any atom is 0.253 e. The third-order valence-corrected chi connectivity index (χ3v) is 9.28. The van der Waals surface area contributed by atoms with Crippen molar-refractivity contribution >= 4 is 17.7 Å². The van der Waals surface area contributed by atoms with E-state index in [1.807, 2.05) is 50.2 Å². The van der Waals surface area contributed by atoms with Gasteiger partial charge in [0, 0.05) is 57.8 Å². The molecule has 0 saturated heterocycles. The molecule has 5 rings (SSSR count). The number of aromatic nitrogens is 2. The summed E-state index contributed by atoms with van der Waals surface area (Å²) in [7, 11) is 6.94. The minimum atomic E-state index is -0.952. The van der Waals surface area contributed by atoms with Crippen molar-refractivity contribution in [3.8, 4) is 6.07 Å². The second-order valence-electron chi connectivity index (χ2n) is 13.2. The Morgan fingerprint density at radius 3 is 1.96 bits per heavy atom. The van der Waals surface area contributed by atoms with E-state index in [2.05, 4.69) is 21.6 Å². The van der Waals surface area contributed by atoms with Gasteiger partial charge in [-0.3, -0.25) is 14.4 Å². The summed E-state index contributed by atoms with van der Waals surface area (Å²) in [6.07, 6.45) is 4.11. The lowest BCUT2D eigenvalue weighted by Crippen LogP contribution is -2.47. The Labute approximate surface area is 276 Å². The van der Waals surface area contributed by atoms with Gasteiger partial charge in [0.25, 0.3) is 11.8 Å². The maximum atomic E-state index is 13.4. The van der Waals surface area contributed by atoms with E-state index in [0.29, 0.717) is 48.6 Å². The highest BCUT2D eigenvalue weighted by Gasteiger charge is 2.47. The lowest BCUT2D eigenvalue weighted by Gasteiger charge is -2.36. The molecular weight excluding hydrogens is 594 g/mol. The van der Waals surface area contributed by atoms with Crippen LogP contribution in [0.15, 0.2) is 40.8 Å². The smallest absolute Gasteiger partial charge is 0.253 e. The first-order chi connectivity index (χ1) is 22.4. The van der Waals surface area contributed by atoms with Gasteiger partial charge in [0.2, 0.25) is 17.7 Å². The summed E-state index contributed by atoms with van der Waals surface area (Å²) >= 11 is 0. The predicted molar refractivity (Wildman–Crippen MR) is 177 cm³/mol. The molecule has 0 aliphatic heterocycles. The predicted octanol–water partition coefficient (Wildman–Crippen LogP) is 3.74. The molecule has 2 aromatic carbocycles. The summed E-state index contributed by atoms with van der Waals surface area (Å²) in [5, 5.41) is 22.0. The van der Waals surface area contributed by atoms with Crippen LogP contribution in [0.3, 0.4) is 0 Å². The number of carbonyl (C=O) groups is 3. The highest BCUT2D eigenvalue weighted by Crippen LogP contribution is 2.48. The van der Waals surface area contributed by atoms with Gasteiger partial charge in [0.1, 0.15) is 11.5 Å². The molecule has 1 heterocycles. The van der Waals surface area contributed by atoms with Gasteiger partial charge in [-0.05, 0) is 92.5 Å². The Hall–Kier alpha value is -4.56. The fraction of sp³-hybridized carbons (Fsp3) is 0.500. The third-order valence-electron chi connectivity index (χ3n) is 9.28. The van der Waals surface area contributed by atoms with Crippen LogP contribution in [0.2, 0.25) is 0 Å². The number of nitrogens with one attached hydrogen (secondary N) is 1. The van der Waals surface area contributed by atoms with Gasteiger partial charge in [-0.25, -0.2) is 0 Å². The molecule has 47 heavy (non-hydrogen) atoms. The number of carbonyl (C=O) groups excluding carboxylic acids is 3. The third kappa shape index (κ3) is 6.65. The average Bonchev–Trinajstić information content (AvgIpc) is 3.80. The number of rotatable bonds is 11. The van der Waals surface area contributed by atoms with Crippen molar-refractivity contribution < 1.29 is 18.8 Å². The molecule has 1 aromatic heterocycles. The summed E-state index contributed by atoms with van der Waals surface area (Å²) in [6, 6.07) is 13.2. The van der Waals surface area contributed by atoms with Crippen LogP contribution in [-0.4, -0.2) is 95.5 Å². The molecule has 11 heteroatoms. The van der Waals surface area contributed by atoms with Crippen molar-refractivity contribution in [1.29, 1.82) is 5.26 Å². The SMILES string of the molecule is CCc1nnc(C2(C[C@H](C)NCC(=O)N(C(C)C#N)C3CC3)c3ccc(C(=O)N(C)C)cc3CCc3cc(C(=O)N(C)C)ccc32)o1. The first kappa shape index (κ1) is 33.8. The summed E-state index contributed by atoms with van der Waals surface area (Å²) in [5.74, 6) is 0.645. The zero-order valence-corrected chi connectivity index (χ0v) is 28.5. The van der Waals surface area contributed by atoms with Crippen molar-refractivity contribution in [1.82, 2.24) is 30.2 Å². The molecule has 248 valence electrons. The highest BCUT2D eigenvalue weighted by molar-refractivity contribution is 5.95. The van der Waals surface area contributed by atoms with Crippen molar-refractivity contribution in [3.63, 3.8) is 0 Å². The number of hydrogen-bond acceptors (Lipinski definition) is 8. The van der Waals surface area contributed by atoms with Crippen molar-refractivity contribution in [2.24, 2.45) is 0 Å². The number of fused-ring (bicyclic) bond motifs is 2. The van der Waals surface area contributed by atoms with Gasteiger partial charge < -0.3 is 24.4 Å². The molecule has 1 saturated carbocycles. The van der Waals surface area contributed by atoms with Crippen molar-refractivity contribution in [3.05, 3.63) is 81.6 Å². The minimum absolute atomic E-state index is 0.0794. The number of amides is 3. The molecule has 1 fully saturated rings. The van der Waals surface area contributed by atoms with Crippen molar-refractivity contribution in [2.45, 2.75) is 82.8 Å². The van der Waals surface area contributed by atoms with E-state index in [1.165, 1.54) is 0 Å². The number of benzene rings is 2. The van der Waals surface area contributed by atoms with E-state index in [9.17, 15) is 19.6 Å². The van der Waals surface area contributed by atoms with E-state index < -0.39 is 11.5 Å². The molecule has 0 radical (unpaired) electrons. The molecule has 1 unspecified atom stereocenters. The van der Waals surface area contributed by atoms with Crippen molar-refractivity contribution in [2.75, 3.05) is 34.7 Å². The summed E-state index contributed by atoms with van der Waals surface area (Å²) in [5.41, 5.74) is 4.07. The van der Waals surface area contributed by atoms with E-state index in [1.54, 1.807) is 49.8 Å². The van der Waals surface area contributed by atoms with E-state index in [0.717, 1.165) is 35.1 Å². The molecule has 3 aromatic rings. The molecule has 2 aliphatic carbocycles. The van der Waals surface area contributed by atoms with Crippen LogP contribution in [0.4, 0.5) is 0 Å². The lowest BCUT2D eigenvalue weighted by molar-refractivity contribution is -0.132. The fourth-order valence-electron chi connectivity index (χ4n) is 6.77. The molecule has 1 N–H and O–H groups in total. The van der Waals surface area contributed by atoms with Gasteiger partial charge in [-0.1, -0.05) is 19.1 Å². The zero-order chi connectivity index (χ0) is 34.0. The number of hydrogen-bond donors (Lipinski definition) is 1. The van der Waals surface area contributed by atoms with Crippen LogP contribution in [0, 0.1) is 11.3 Å². The van der Waals surface area contributed by atoms with Crippen LogP contribution >= 0.6 is 0 Å². The molecular formula is C36H45N7O4. The van der Waals surface area contributed by atoms with Crippen LogP contribution in [0.5, 0.6) is 0 Å². The van der Waals surface area contributed by atoms with Gasteiger partial charge in [0.15, 0.2) is 0 Å². The topological polar surface area (TPSA) is 136 Å². The van der Waals surface area contributed by atoms with Crippen LogP contribution in [0.1, 0.15) is 94.8 Å². The van der Waals surface area contributed by atoms with E-state index in [4.69, 9.17) is 4.42 Å². The molecule has 2 atom stereocenters. The Morgan fingerprint density at radius 1 is 0.957 bits per heavy atom. The van der Waals surface area contributed by atoms with E-state index >= 15 is 0 Å².